The minimum atomic E-state index is -3.91. The third kappa shape index (κ3) is 5.64. The van der Waals surface area contributed by atoms with Crippen LogP contribution in [-0.4, -0.2) is 44.3 Å². The molecule has 1 N–H and O–H groups in total. The van der Waals surface area contributed by atoms with Gasteiger partial charge in [-0.05, 0) is 49.2 Å². The van der Waals surface area contributed by atoms with E-state index >= 15 is 0 Å². The number of carbonyl (C=O) groups is 2. The van der Waals surface area contributed by atoms with Gasteiger partial charge in [0.1, 0.15) is 0 Å². The molecule has 166 valence electrons. The molecule has 31 heavy (non-hydrogen) atoms. The summed E-state index contributed by atoms with van der Waals surface area (Å²) in [6, 6.07) is 12.1. The summed E-state index contributed by atoms with van der Waals surface area (Å²) in [5.41, 5.74) is 0.468. The van der Waals surface area contributed by atoms with Crippen molar-refractivity contribution in [2.75, 3.05) is 19.0 Å². The van der Waals surface area contributed by atoms with Gasteiger partial charge in [-0.15, -0.1) is 0 Å². The topological polar surface area (TPSA) is 92.8 Å². The van der Waals surface area contributed by atoms with E-state index in [0.29, 0.717) is 17.9 Å². The van der Waals surface area contributed by atoms with E-state index < -0.39 is 21.9 Å². The molecule has 2 aromatic rings. The molecule has 0 heterocycles. The van der Waals surface area contributed by atoms with Crippen molar-refractivity contribution in [3.05, 3.63) is 59.1 Å². The number of carbonyl (C=O) groups excluding carboxylic acids is 2. The fourth-order valence-electron chi connectivity index (χ4n) is 3.73. The highest BCUT2D eigenvalue weighted by Crippen LogP contribution is 2.28. The first-order valence-corrected chi connectivity index (χ1v) is 11.9. The molecule has 0 saturated heterocycles. The Morgan fingerprint density at radius 3 is 2.35 bits per heavy atom. The number of sulfonamides is 1. The number of nitrogens with zero attached hydrogens (tertiary/aromatic N) is 1. The van der Waals surface area contributed by atoms with Gasteiger partial charge in [0.25, 0.3) is 0 Å². The van der Waals surface area contributed by atoms with Crippen molar-refractivity contribution in [1.82, 2.24) is 4.31 Å². The lowest BCUT2D eigenvalue weighted by molar-refractivity contribution is -0.116. The second-order valence-corrected chi connectivity index (χ2v) is 9.71. The zero-order valence-corrected chi connectivity index (χ0v) is 18.8. The highest BCUT2D eigenvalue weighted by Gasteiger charge is 2.34. The average Bonchev–Trinajstić information content (AvgIpc) is 2.78. The lowest BCUT2D eigenvalue weighted by atomic mass is 9.95. The van der Waals surface area contributed by atoms with Crippen LogP contribution in [0.25, 0.3) is 0 Å². The van der Waals surface area contributed by atoms with Crippen LogP contribution in [0.5, 0.6) is 0 Å². The molecule has 0 atom stereocenters. The molecular formula is C22H25ClN2O5S. The molecular weight excluding hydrogens is 440 g/mol. The van der Waals surface area contributed by atoms with Crippen molar-refractivity contribution >= 4 is 39.2 Å². The number of ether oxygens (including phenoxy) is 1. The Balaban J connectivity index is 1.86. The number of halogens is 1. The van der Waals surface area contributed by atoms with Crippen molar-refractivity contribution < 1.29 is 22.7 Å². The summed E-state index contributed by atoms with van der Waals surface area (Å²) in [7, 11) is -2.66. The molecule has 1 fully saturated rings. The van der Waals surface area contributed by atoms with Gasteiger partial charge in [0.2, 0.25) is 15.9 Å². The van der Waals surface area contributed by atoms with E-state index in [1.54, 1.807) is 18.2 Å². The summed E-state index contributed by atoms with van der Waals surface area (Å²) < 4.78 is 32.8. The van der Waals surface area contributed by atoms with Gasteiger partial charge in [-0.2, -0.15) is 4.31 Å². The summed E-state index contributed by atoms with van der Waals surface area (Å²) in [5.74, 6) is -1.12. The number of esters is 1. The van der Waals surface area contributed by atoms with Crippen LogP contribution in [0.2, 0.25) is 5.02 Å². The molecule has 1 saturated carbocycles. The summed E-state index contributed by atoms with van der Waals surface area (Å²) in [6.07, 6.45) is 4.25. The van der Waals surface area contributed by atoms with Gasteiger partial charge in [0.15, 0.2) is 0 Å². The number of hydrogen-bond donors (Lipinski definition) is 1. The first-order valence-electron chi connectivity index (χ1n) is 10.1. The van der Waals surface area contributed by atoms with Crippen molar-refractivity contribution in [3.8, 4) is 0 Å². The van der Waals surface area contributed by atoms with E-state index in [-0.39, 0.29) is 28.7 Å². The van der Waals surface area contributed by atoms with Crippen LogP contribution in [-0.2, 0) is 19.6 Å². The van der Waals surface area contributed by atoms with Crippen molar-refractivity contribution in [2.24, 2.45) is 0 Å². The number of hydrogen-bond acceptors (Lipinski definition) is 5. The maximum atomic E-state index is 13.4. The van der Waals surface area contributed by atoms with Crippen LogP contribution < -0.4 is 5.32 Å². The Kier molecular flexibility index (Phi) is 7.69. The fraction of sp³-hybridized carbons (Fsp3) is 0.364. The Hall–Kier alpha value is -2.42. The molecule has 0 radical (unpaired) electrons. The van der Waals surface area contributed by atoms with E-state index in [4.69, 9.17) is 16.3 Å². The molecule has 0 bridgehead atoms. The van der Waals surface area contributed by atoms with Gasteiger partial charge >= 0.3 is 5.97 Å². The SMILES string of the molecule is COC(=O)c1ccccc1NC(=O)CN(C1CCCCC1)S(=O)(=O)c1ccc(Cl)cc1. The van der Waals surface area contributed by atoms with Crippen LogP contribution in [0.4, 0.5) is 5.69 Å². The number of para-hydroxylation sites is 1. The summed E-state index contributed by atoms with van der Waals surface area (Å²) in [6.45, 7) is -0.356. The standard InChI is InChI=1S/C22H25ClN2O5S/c1-30-22(27)19-9-5-6-10-20(19)24-21(26)15-25(17-7-3-2-4-8-17)31(28,29)18-13-11-16(23)12-14-18/h5-6,9-14,17H,2-4,7-8,15H2,1H3,(H,24,26). The van der Waals surface area contributed by atoms with E-state index in [9.17, 15) is 18.0 Å². The molecule has 2 aromatic carbocycles. The van der Waals surface area contributed by atoms with Crippen LogP contribution >= 0.6 is 11.6 Å². The molecule has 1 aliphatic carbocycles. The van der Waals surface area contributed by atoms with Gasteiger partial charge in [0, 0.05) is 11.1 Å². The summed E-state index contributed by atoms with van der Waals surface area (Å²) >= 11 is 5.91. The first-order chi connectivity index (χ1) is 14.8. The smallest absolute Gasteiger partial charge is 0.339 e. The van der Waals surface area contributed by atoms with Gasteiger partial charge in [-0.3, -0.25) is 4.79 Å². The maximum absolute atomic E-state index is 13.4. The normalized spacial score (nSPS) is 14.9. The number of nitrogens with one attached hydrogen (secondary N) is 1. The molecule has 0 unspecified atom stereocenters. The second kappa shape index (κ2) is 10.3. The molecule has 0 aromatic heterocycles. The Labute approximate surface area is 187 Å². The van der Waals surface area contributed by atoms with Crippen LogP contribution in [0.1, 0.15) is 42.5 Å². The van der Waals surface area contributed by atoms with E-state index in [1.807, 2.05) is 0 Å². The second-order valence-electron chi connectivity index (χ2n) is 7.38. The summed E-state index contributed by atoms with van der Waals surface area (Å²) in [5, 5.41) is 3.09. The molecule has 3 rings (SSSR count). The quantitative estimate of drug-likeness (QED) is 0.623. The monoisotopic (exact) mass is 464 g/mol. The fourth-order valence-corrected chi connectivity index (χ4v) is 5.50. The minimum absolute atomic E-state index is 0.0882. The lowest BCUT2D eigenvalue weighted by Gasteiger charge is -2.33. The van der Waals surface area contributed by atoms with Gasteiger partial charge in [-0.25, -0.2) is 13.2 Å². The predicted molar refractivity (Wildman–Crippen MR) is 119 cm³/mol. The van der Waals surface area contributed by atoms with Gasteiger partial charge in [-0.1, -0.05) is 43.0 Å². The van der Waals surface area contributed by atoms with Crippen molar-refractivity contribution in [3.63, 3.8) is 0 Å². The minimum Gasteiger partial charge on any atom is -0.465 e. The Morgan fingerprint density at radius 2 is 1.71 bits per heavy atom. The largest absolute Gasteiger partial charge is 0.465 e. The molecule has 9 heteroatoms. The number of methoxy groups -OCH3 is 1. The maximum Gasteiger partial charge on any atom is 0.339 e. The highest BCUT2D eigenvalue weighted by atomic mass is 35.5. The van der Waals surface area contributed by atoms with Crippen molar-refractivity contribution in [1.29, 1.82) is 0 Å². The zero-order valence-electron chi connectivity index (χ0n) is 17.2. The molecule has 0 spiro atoms. The molecule has 0 aliphatic heterocycles. The molecule has 1 amide bonds. The van der Waals surface area contributed by atoms with E-state index in [2.05, 4.69) is 5.32 Å². The number of anilines is 1. The zero-order chi connectivity index (χ0) is 22.4. The van der Waals surface area contributed by atoms with Crippen LogP contribution in [0, 0.1) is 0 Å². The van der Waals surface area contributed by atoms with Crippen LogP contribution in [0.15, 0.2) is 53.4 Å². The average molecular weight is 465 g/mol. The Bertz CT molecular complexity index is 1030. The third-order valence-corrected chi connectivity index (χ3v) is 7.47. The van der Waals surface area contributed by atoms with Crippen LogP contribution in [0.3, 0.4) is 0 Å². The lowest BCUT2D eigenvalue weighted by Crippen LogP contribution is -2.45. The van der Waals surface area contributed by atoms with E-state index in [0.717, 1.165) is 19.3 Å². The molecule has 1 aliphatic rings. The number of benzene rings is 2. The van der Waals surface area contributed by atoms with Crippen molar-refractivity contribution in [2.45, 2.75) is 43.0 Å². The Morgan fingerprint density at radius 1 is 1.06 bits per heavy atom. The number of rotatable bonds is 7. The first kappa shape index (κ1) is 23.2. The molecule has 7 nitrogen and oxygen atoms in total. The highest BCUT2D eigenvalue weighted by molar-refractivity contribution is 7.89. The summed E-state index contributed by atoms with van der Waals surface area (Å²) in [4.78, 5) is 24.9. The van der Waals surface area contributed by atoms with E-state index in [1.165, 1.54) is 41.7 Å². The predicted octanol–water partition coefficient (Wildman–Crippen LogP) is 4.09. The van der Waals surface area contributed by atoms with Gasteiger partial charge in [0.05, 0.1) is 29.8 Å². The van der Waals surface area contributed by atoms with Gasteiger partial charge < -0.3 is 10.1 Å². The number of amides is 1. The third-order valence-electron chi connectivity index (χ3n) is 5.31.